The predicted molar refractivity (Wildman–Crippen MR) is 166 cm³/mol. The number of hydrogen-bond acceptors (Lipinski definition) is 15. The Labute approximate surface area is 278 Å². The Morgan fingerprint density at radius 2 is 0.745 bits per heavy atom. The predicted octanol–water partition coefficient (Wildman–Crippen LogP) is -0.287. The third kappa shape index (κ3) is 40.1. The molecule has 1 amide bonds. The molecule has 0 aromatic heterocycles. The second kappa shape index (κ2) is 38.4. The first kappa shape index (κ1) is 45.0. The van der Waals surface area contributed by atoms with Gasteiger partial charge in [0.05, 0.1) is 146 Å². The van der Waals surface area contributed by atoms with Gasteiger partial charge in [0.15, 0.2) is 0 Å². The lowest BCUT2D eigenvalue weighted by atomic mass is 10.3. The largest absolute Gasteiger partial charge is 0.481 e. The van der Waals surface area contributed by atoms with E-state index < -0.39 is 11.9 Å². The van der Waals surface area contributed by atoms with E-state index in [0.717, 1.165) is 0 Å². The van der Waals surface area contributed by atoms with Crippen LogP contribution in [0.15, 0.2) is 0 Å². The first-order valence-corrected chi connectivity index (χ1v) is 16.0. The van der Waals surface area contributed by atoms with Gasteiger partial charge in [-0.2, -0.15) is 0 Å². The van der Waals surface area contributed by atoms with Gasteiger partial charge < -0.3 is 67.3 Å². The fraction of sp³-hybridized carbons (Fsp3) is 0.900. The maximum Gasteiger partial charge on any atom is 0.331 e. The van der Waals surface area contributed by atoms with E-state index in [1.165, 1.54) is 7.11 Å². The molecule has 0 unspecified atom stereocenters. The molecule has 0 saturated heterocycles. The number of aliphatic carboxylic acids is 1. The van der Waals surface area contributed by atoms with Crippen molar-refractivity contribution in [2.24, 2.45) is 0 Å². The lowest BCUT2D eigenvalue weighted by Gasteiger charge is -2.09. The van der Waals surface area contributed by atoms with Crippen LogP contribution in [0.3, 0.4) is 0 Å². The summed E-state index contributed by atoms with van der Waals surface area (Å²) < 4.78 is 63.7. The van der Waals surface area contributed by atoms with Crippen molar-refractivity contribution in [1.29, 1.82) is 0 Å². The van der Waals surface area contributed by atoms with Crippen LogP contribution in [0.2, 0.25) is 0 Å². The van der Waals surface area contributed by atoms with Crippen molar-refractivity contribution in [2.45, 2.75) is 19.3 Å². The van der Waals surface area contributed by atoms with Crippen LogP contribution in [0.25, 0.3) is 0 Å². The van der Waals surface area contributed by atoms with Gasteiger partial charge in [-0.25, -0.2) is 4.79 Å². The summed E-state index contributed by atoms with van der Waals surface area (Å²) in [4.78, 5) is 32.6. The molecule has 0 fully saturated rings. The summed E-state index contributed by atoms with van der Waals surface area (Å²) >= 11 is 0. The summed E-state index contributed by atoms with van der Waals surface area (Å²) in [5.41, 5.74) is 0. The van der Waals surface area contributed by atoms with Gasteiger partial charge in [-0.15, -0.1) is 0 Å². The highest BCUT2D eigenvalue weighted by Gasteiger charge is 2.04. The number of carboxylic acids is 1. The molecule has 278 valence electrons. The minimum Gasteiger partial charge on any atom is -0.481 e. The van der Waals surface area contributed by atoms with Crippen molar-refractivity contribution >= 4 is 17.8 Å². The zero-order valence-corrected chi connectivity index (χ0v) is 28.0. The average Bonchev–Trinajstić information content (AvgIpc) is 3.06. The van der Waals surface area contributed by atoms with Crippen LogP contribution in [0.5, 0.6) is 0 Å². The molecule has 0 aliphatic rings. The number of amides is 1. The number of carboxylic acid groups (broad SMARTS) is 1. The Morgan fingerprint density at radius 3 is 1.04 bits per heavy atom. The molecule has 0 radical (unpaired) electrons. The molecule has 17 nitrogen and oxygen atoms in total. The van der Waals surface area contributed by atoms with Gasteiger partial charge in [-0.3, -0.25) is 9.59 Å². The molecule has 0 bridgehead atoms. The van der Waals surface area contributed by atoms with Gasteiger partial charge in [0.2, 0.25) is 5.91 Å². The molecule has 17 heteroatoms. The Bertz CT molecular complexity index is 703. The molecular weight excluding hydrogens is 630 g/mol. The van der Waals surface area contributed by atoms with Crippen molar-refractivity contribution in [3.63, 3.8) is 0 Å². The van der Waals surface area contributed by atoms with Crippen molar-refractivity contribution in [2.75, 3.05) is 159 Å². The summed E-state index contributed by atoms with van der Waals surface area (Å²) in [5, 5.41) is 11.2. The molecule has 0 spiro atoms. The molecule has 0 aromatic carbocycles. The van der Waals surface area contributed by atoms with E-state index in [2.05, 4.69) is 10.1 Å². The van der Waals surface area contributed by atoms with Crippen LogP contribution in [-0.2, 0) is 71.2 Å². The second-order valence-electron chi connectivity index (χ2n) is 9.35. The molecule has 0 saturated carbocycles. The van der Waals surface area contributed by atoms with Crippen molar-refractivity contribution in [1.82, 2.24) is 5.32 Å². The Kier molecular flexibility index (Phi) is 36.8. The number of methoxy groups -OCH3 is 1. The van der Waals surface area contributed by atoms with Crippen LogP contribution in [0.4, 0.5) is 0 Å². The Balaban J connectivity index is 3.09. The van der Waals surface area contributed by atoms with E-state index in [-0.39, 0.29) is 25.4 Å². The third-order valence-corrected chi connectivity index (χ3v) is 5.52. The highest BCUT2D eigenvalue weighted by Crippen LogP contribution is 1.90. The van der Waals surface area contributed by atoms with Crippen LogP contribution in [0.1, 0.15) is 19.3 Å². The van der Waals surface area contributed by atoms with E-state index >= 15 is 0 Å². The van der Waals surface area contributed by atoms with Crippen molar-refractivity contribution < 1.29 is 76.3 Å². The highest BCUT2D eigenvalue weighted by molar-refractivity contribution is 5.80. The van der Waals surface area contributed by atoms with Crippen LogP contribution in [0, 0.1) is 0 Å². The fourth-order valence-corrected chi connectivity index (χ4v) is 3.12. The lowest BCUT2D eigenvalue weighted by Crippen LogP contribution is -2.25. The molecule has 0 rings (SSSR count). The molecule has 0 atom stereocenters. The molecule has 2 N–H and O–H groups in total. The van der Waals surface area contributed by atoms with Gasteiger partial charge >= 0.3 is 11.9 Å². The Morgan fingerprint density at radius 1 is 0.447 bits per heavy atom. The third-order valence-electron chi connectivity index (χ3n) is 5.52. The van der Waals surface area contributed by atoms with E-state index in [4.69, 9.17) is 57.2 Å². The summed E-state index contributed by atoms with van der Waals surface area (Å²) in [5.74, 6) is -1.67. The molecule has 0 heterocycles. The topological polar surface area (TPSA) is 194 Å². The van der Waals surface area contributed by atoms with Gasteiger partial charge in [-0.05, 0) is 6.42 Å². The maximum atomic E-state index is 11.4. The van der Waals surface area contributed by atoms with Crippen LogP contribution >= 0.6 is 0 Å². The first-order valence-electron chi connectivity index (χ1n) is 16.0. The fourth-order valence-electron chi connectivity index (χ4n) is 3.12. The van der Waals surface area contributed by atoms with E-state index in [1.807, 2.05) is 0 Å². The molecule has 47 heavy (non-hydrogen) atoms. The van der Waals surface area contributed by atoms with Crippen LogP contribution < -0.4 is 5.32 Å². The first-order chi connectivity index (χ1) is 23.1. The van der Waals surface area contributed by atoms with E-state index in [9.17, 15) is 14.4 Å². The normalized spacial score (nSPS) is 11.2. The molecule has 0 aliphatic carbocycles. The number of nitrogens with one attached hydrogen (secondary N) is 1. The quantitative estimate of drug-likeness (QED) is 0.0632. The minimum atomic E-state index is -0.986. The SMILES string of the molecule is COC(=O)COCCOCCOCCOCCOCCOCCOCCOCCOCCOCCOCCCNC(=O)CCC(=O)O. The van der Waals surface area contributed by atoms with E-state index in [0.29, 0.717) is 152 Å². The number of hydrogen-bond donors (Lipinski definition) is 2. The maximum absolute atomic E-state index is 11.4. The summed E-state index contributed by atoms with van der Waals surface area (Å²) in [7, 11) is 1.31. The number of esters is 1. The highest BCUT2D eigenvalue weighted by atomic mass is 16.6. The minimum absolute atomic E-state index is 0.0137. The molecule has 0 aliphatic heterocycles. The average molecular weight is 688 g/mol. The lowest BCUT2D eigenvalue weighted by molar-refractivity contribution is -0.146. The Hall–Kier alpha value is -2.03. The summed E-state index contributed by atoms with van der Waals surface area (Å²) in [6.07, 6.45) is 0.466. The standard InChI is InChI=1S/C30H57NO16/c1-36-30(35)27-47-26-25-46-24-23-45-22-21-44-20-19-43-18-17-42-16-15-41-14-13-40-12-11-39-10-9-38-8-7-37-6-2-5-31-28(32)3-4-29(33)34/h2-27H2,1H3,(H,31,32)(H,33,34). The number of carbonyl (C=O) groups excluding carboxylic acids is 2. The summed E-state index contributed by atoms with van der Waals surface area (Å²) in [6, 6.07) is 0. The number of ether oxygens (including phenoxy) is 12. The van der Waals surface area contributed by atoms with Gasteiger partial charge in [0, 0.05) is 19.6 Å². The smallest absolute Gasteiger partial charge is 0.331 e. The number of rotatable bonds is 39. The van der Waals surface area contributed by atoms with Gasteiger partial charge in [-0.1, -0.05) is 0 Å². The summed E-state index contributed by atoms with van der Waals surface area (Å²) in [6.45, 7) is 9.93. The van der Waals surface area contributed by atoms with Gasteiger partial charge in [0.25, 0.3) is 0 Å². The van der Waals surface area contributed by atoms with Crippen LogP contribution in [-0.4, -0.2) is 182 Å². The second-order valence-corrected chi connectivity index (χ2v) is 9.35. The molecule has 0 aromatic rings. The number of carbonyl (C=O) groups is 3. The monoisotopic (exact) mass is 687 g/mol. The molecular formula is C30H57NO16. The zero-order chi connectivity index (χ0) is 34.3. The van der Waals surface area contributed by atoms with Crippen molar-refractivity contribution in [3.8, 4) is 0 Å². The van der Waals surface area contributed by atoms with Gasteiger partial charge in [0.1, 0.15) is 6.61 Å². The van der Waals surface area contributed by atoms with E-state index in [1.54, 1.807) is 0 Å². The zero-order valence-electron chi connectivity index (χ0n) is 28.0. The van der Waals surface area contributed by atoms with Crippen molar-refractivity contribution in [3.05, 3.63) is 0 Å².